The van der Waals surface area contributed by atoms with Gasteiger partial charge in [-0.3, -0.25) is 24.1 Å². The Balaban J connectivity index is 1.78. The molecule has 1 heterocycles. The quantitative estimate of drug-likeness (QED) is 0.123. The molecule has 0 aromatic heterocycles. The maximum Gasteiger partial charge on any atom is 0.326 e. The molecule has 2 aromatic carbocycles. The predicted octanol–water partition coefficient (Wildman–Crippen LogP) is 6.42. The summed E-state index contributed by atoms with van der Waals surface area (Å²) in [6.45, 7) is 17.0. The third kappa shape index (κ3) is 13.4. The van der Waals surface area contributed by atoms with Gasteiger partial charge in [-0.25, -0.2) is 4.79 Å². The number of nitrogens with zero attached hydrogens (tertiary/aromatic N) is 3. The summed E-state index contributed by atoms with van der Waals surface area (Å²) in [5.74, 6) is -3.32. The number of rotatable bonds is 24. The van der Waals surface area contributed by atoms with Crippen LogP contribution < -0.4 is 5.32 Å². The molecule has 1 aliphatic heterocycles. The van der Waals surface area contributed by atoms with Crippen molar-refractivity contribution in [3.63, 3.8) is 0 Å². The topological polar surface area (TPSA) is 146 Å². The van der Waals surface area contributed by atoms with Gasteiger partial charge in [0.2, 0.25) is 17.7 Å². The zero-order valence-electron chi connectivity index (χ0n) is 38.4. The van der Waals surface area contributed by atoms with Crippen LogP contribution in [-0.2, 0) is 46.4 Å². The molecular formula is C48H74N4O8. The first kappa shape index (κ1) is 50.2. The molecule has 1 saturated heterocycles. The van der Waals surface area contributed by atoms with Gasteiger partial charge in [0.1, 0.15) is 6.04 Å². The number of carbonyl (C=O) groups excluding carboxylic acids is 4. The lowest BCUT2D eigenvalue weighted by Gasteiger charge is -2.41. The Morgan fingerprint density at radius 1 is 0.883 bits per heavy atom. The van der Waals surface area contributed by atoms with E-state index in [4.69, 9.17) is 9.47 Å². The Bertz CT molecular complexity index is 1700. The van der Waals surface area contributed by atoms with Crippen LogP contribution in [0.15, 0.2) is 54.6 Å². The minimum atomic E-state index is -1.14. The average Bonchev–Trinajstić information content (AvgIpc) is 3.69. The van der Waals surface area contributed by atoms with Crippen LogP contribution in [0.25, 0.3) is 0 Å². The largest absolute Gasteiger partial charge is 0.480 e. The number of likely N-dealkylation sites (N-methyl/N-ethyl adjacent to an activating group) is 2. The molecule has 12 nitrogen and oxygen atoms in total. The van der Waals surface area contributed by atoms with E-state index in [0.717, 1.165) is 23.1 Å². The molecule has 0 radical (unpaired) electrons. The summed E-state index contributed by atoms with van der Waals surface area (Å²) in [7, 11) is 6.81. The van der Waals surface area contributed by atoms with Gasteiger partial charge in [0.25, 0.3) is 0 Å². The zero-order chi connectivity index (χ0) is 44.8. The van der Waals surface area contributed by atoms with Crippen LogP contribution >= 0.6 is 0 Å². The van der Waals surface area contributed by atoms with Gasteiger partial charge in [0.05, 0.1) is 42.7 Å². The summed E-state index contributed by atoms with van der Waals surface area (Å²) in [4.78, 5) is 74.4. The van der Waals surface area contributed by atoms with Gasteiger partial charge in [0, 0.05) is 53.1 Å². The van der Waals surface area contributed by atoms with E-state index in [0.29, 0.717) is 25.9 Å². The van der Waals surface area contributed by atoms with Crippen molar-refractivity contribution >= 4 is 29.5 Å². The number of carboxylic acids is 1. The molecule has 2 N–H and O–H groups in total. The summed E-state index contributed by atoms with van der Waals surface area (Å²) in [5.41, 5.74) is 3.08. The van der Waals surface area contributed by atoms with E-state index in [-0.39, 0.29) is 60.7 Å². The van der Waals surface area contributed by atoms with Gasteiger partial charge >= 0.3 is 5.97 Å². The van der Waals surface area contributed by atoms with Crippen molar-refractivity contribution in [3.05, 3.63) is 71.3 Å². The van der Waals surface area contributed by atoms with Gasteiger partial charge in [-0.05, 0) is 55.7 Å². The number of likely N-dealkylation sites (tertiary alicyclic amines) is 1. The molecule has 0 spiro atoms. The fraction of sp³-hybridized carbons (Fsp3) is 0.646. The highest BCUT2D eigenvalue weighted by atomic mass is 16.5. The average molecular weight is 835 g/mol. The summed E-state index contributed by atoms with van der Waals surface area (Å²) in [5, 5.41) is 12.6. The van der Waals surface area contributed by atoms with Crippen LogP contribution in [0.3, 0.4) is 0 Å². The number of aryl methyl sites for hydroxylation is 1. The maximum atomic E-state index is 14.6. The van der Waals surface area contributed by atoms with E-state index in [9.17, 15) is 29.1 Å². The fourth-order valence-electron chi connectivity index (χ4n) is 9.19. The second-order valence-corrected chi connectivity index (χ2v) is 17.8. The first-order valence-corrected chi connectivity index (χ1v) is 21.8. The Morgan fingerprint density at radius 3 is 2.08 bits per heavy atom. The molecule has 9 atom stereocenters. The lowest BCUT2D eigenvalue weighted by Crippen LogP contribution is -2.55. The number of carbonyl (C=O) groups is 5. The number of carboxylic acid groups (broad SMARTS) is 1. The highest BCUT2D eigenvalue weighted by Gasteiger charge is 2.43. The second kappa shape index (κ2) is 23.8. The monoisotopic (exact) mass is 835 g/mol. The van der Waals surface area contributed by atoms with Crippen LogP contribution in [0.1, 0.15) is 97.3 Å². The molecular weight excluding hydrogens is 761 g/mol. The molecule has 3 amide bonds. The minimum Gasteiger partial charge on any atom is -0.480 e. The lowest BCUT2D eigenvalue weighted by atomic mass is 9.83. The third-order valence-electron chi connectivity index (χ3n) is 12.6. The minimum absolute atomic E-state index is 0.000738. The van der Waals surface area contributed by atoms with Gasteiger partial charge < -0.3 is 29.7 Å². The van der Waals surface area contributed by atoms with Crippen LogP contribution in [0.5, 0.6) is 0 Å². The van der Waals surface area contributed by atoms with Crippen molar-refractivity contribution in [3.8, 4) is 0 Å². The number of hydrogen-bond acceptors (Lipinski definition) is 8. The van der Waals surface area contributed by atoms with Gasteiger partial charge in [-0.1, -0.05) is 115 Å². The normalized spacial score (nSPS) is 18.4. The number of aliphatic carboxylic acids is 1. The zero-order valence-corrected chi connectivity index (χ0v) is 38.4. The van der Waals surface area contributed by atoms with Crippen LogP contribution in [0.4, 0.5) is 0 Å². The maximum absolute atomic E-state index is 14.6. The first-order chi connectivity index (χ1) is 28.4. The van der Waals surface area contributed by atoms with Gasteiger partial charge in [0.15, 0.2) is 5.78 Å². The van der Waals surface area contributed by atoms with Gasteiger partial charge in [-0.2, -0.15) is 0 Å². The van der Waals surface area contributed by atoms with Crippen molar-refractivity contribution in [2.45, 2.75) is 137 Å². The fourth-order valence-corrected chi connectivity index (χ4v) is 9.19. The smallest absolute Gasteiger partial charge is 0.326 e. The van der Waals surface area contributed by atoms with Gasteiger partial charge in [-0.15, -0.1) is 0 Å². The number of nitrogens with one attached hydrogen (secondary N) is 1. The SMILES string of the molecule is CC[C@H](C)[C@@H]([C@@H](CC(=O)N1CCC[C@H]1[C@H](OC)[C@@H](C)C(=O)N[C@@H](Cc1ccccc1)C(=O)O)OC)N(C)C(=O)[C@@H](CC(=O)[C@H](C(C)C)N(C)Cc1cccc(C)c1)C(C)C. The molecule has 12 heteroatoms. The lowest BCUT2D eigenvalue weighted by molar-refractivity contribution is -0.149. The molecule has 2 aromatic rings. The number of Topliss-reactive ketones (excluding diaryl/α,β-unsaturated/α-hetero) is 1. The second-order valence-electron chi connectivity index (χ2n) is 17.8. The molecule has 1 aliphatic rings. The highest BCUT2D eigenvalue weighted by Crippen LogP contribution is 2.31. The van der Waals surface area contributed by atoms with Crippen LogP contribution in [-0.4, -0.2) is 121 Å². The third-order valence-corrected chi connectivity index (χ3v) is 12.6. The van der Waals surface area contributed by atoms with Crippen LogP contribution in [0, 0.1) is 36.5 Å². The predicted molar refractivity (Wildman–Crippen MR) is 235 cm³/mol. The molecule has 0 bridgehead atoms. The Labute approximate surface area is 359 Å². The summed E-state index contributed by atoms with van der Waals surface area (Å²) in [6.07, 6.45) is 0.950. The van der Waals surface area contributed by atoms with E-state index in [2.05, 4.69) is 42.3 Å². The molecule has 0 aliphatic carbocycles. The first-order valence-electron chi connectivity index (χ1n) is 21.8. The Morgan fingerprint density at radius 2 is 1.53 bits per heavy atom. The molecule has 334 valence electrons. The van der Waals surface area contributed by atoms with Crippen LogP contribution in [0.2, 0.25) is 0 Å². The number of ketones is 1. The number of ether oxygens (including phenoxy) is 2. The van der Waals surface area contributed by atoms with E-state index in [1.165, 1.54) is 7.11 Å². The number of amides is 3. The Kier molecular flexibility index (Phi) is 19.9. The molecule has 3 rings (SSSR count). The van der Waals surface area contributed by atoms with E-state index < -0.39 is 54.0 Å². The van der Waals surface area contributed by atoms with Crippen molar-refractivity contribution in [2.75, 3.05) is 34.9 Å². The summed E-state index contributed by atoms with van der Waals surface area (Å²) >= 11 is 0. The van der Waals surface area contributed by atoms with Crippen molar-refractivity contribution in [2.24, 2.45) is 29.6 Å². The molecule has 1 fully saturated rings. The van der Waals surface area contributed by atoms with Crippen molar-refractivity contribution in [1.29, 1.82) is 0 Å². The standard InChI is InChI=1S/C48H74N4O8/c1-13-33(7)44(51(10)47(56)37(30(2)3)27-40(53)43(31(4)5)50(9)29-36-22-17-19-32(6)25-36)41(59-11)28-42(54)52-24-18-23-39(52)45(60-12)34(8)46(55)49-38(48(57)58)26-35-20-15-14-16-21-35/h14-17,19-22,25,30-31,33-34,37-39,41,43-45H,13,18,23-24,26-29H2,1-12H3,(H,49,55)(H,57,58)/t33-,34+,37-,38-,39-,41+,43-,44-,45+/m0/s1. The molecule has 0 saturated carbocycles. The summed E-state index contributed by atoms with van der Waals surface area (Å²) in [6, 6.07) is 15.0. The number of hydrogen-bond donors (Lipinski definition) is 2. The molecule has 60 heavy (non-hydrogen) atoms. The van der Waals surface area contributed by atoms with E-state index in [1.54, 1.807) is 30.9 Å². The van der Waals surface area contributed by atoms with E-state index >= 15 is 0 Å². The number of methoxy groups -OCH3 is 2. The number of benzene rings is 2. The Hall–Kier alpha value is -4.13. The summed E-state index contributed by atoms with van der Waals surface area (Å²) < 4.78 is 12.0. The van der Waals surface area contributed by atoms with E-state index in [1.807, 2.05) is 78.1 Å². The van der Waals surface area contributed by atoms with Crippen molar-refractivity contribution in [1.82, 2.24) is 20.0 Å². The van der Waals surface area contributed by atoms with Crippen molar-refractivity contribution < 1.29 is 38.6 Å². The highest BCUT2D eigenvalue weighted by molar-refractivity contribution is 5.90. The molecule has 0 unspecified atom stereocenters.